The van der Waals surface area contributed by atoms with Crippen LogP contribution in [0.5, 0.6) is 0 Å². The molecule has 0 radical (unpaired) electrons. The van der Waals surface area contributed by atoms with E-state index in [2.05, 4.69) is 5.32 Å². The summed E-state index contributed by atoms with van der Waals surface area (Å²) in [4.78, 5) is 37.5. The van der Waals surface area contributed by atoms with Gasteiger partial charge in [-0.25, -0.2) is 0 Å². The molecule has 2 aromatic rings. The molecule has 3 amide bonds. The number of aryl methyl sites for hydroxylation is 1. The number of nitrogens with zero attached hydrogens (tertiary/aromatic N) is 2. The molecule has 0 aliphatic carbocycles. The molecule has 0 bridgehead atoms. The van der Waals surface area contributed by atoms with Crippen molar-refractivity contribution in [3.63, 3.8) is 0 Å². The van der Waals surface area contributed by atoms with Gasteiger partial charge in [0.15, 0.2) is 0 Å². The van der Waals surface area contributed by atoms with Gasteiger partial charge < -0.3 is 9.47 Å². The van der Waals surface area contributed by atoms with Crippen molar-refractivity contribution < 1.29 is 14.4 Å². The Balaban J connectivity index is 1.74. The lowest BCUT2D eigenvalue weighted by molar-refractivity contribution is -0.136. The molecule has 1 aromatic heterocycles. The first-order valence-electron chi connectivity index (χ1n) is 7.28. The molecule has 1 fully saturated rings. The standard InChI is InChI=1S/C16H15N3O3/c1-18-7-6-9-11-8-19(13-4-5-14(20)17-15(13)21)16(22)10(11)2-3-12(9)18/h2-3,6-7,13H,4-5,8H2,1H3,(H,17,20,21). The molecule has 1 aromatic carbocycles. The first-order chi connectivity index (χ1) is 10.6. The van der Waals surface area contributed by atoms with Gasteiger partial charge in [0, 0.05) is 42.7 Å². The van der Waals surface area contributed by atoms with E-state index in [9.17, 15) is 14.4 Å². The molecule has 1 atom stereocenters. The fraction of sp³-hybridized carbons (Fsp3) is 0.312. The molecule has 2 aliphatic rings. The Morgan fingerprint density at radius 1 is 1.18 bits per heavy atom. The number of amides is 3. The lowest BCUT2D eigenvalue weighted by Crippen LogP contribution is -2.52. The molecule has 0 spiro atoms. The van der Waals surface area contributed by atoms with Crippen molar-refractivity contribution in [3.05, 3.63) is 35.5 Å². The van der Waals surface area contributed by atoms with Gasteiger partial charge in [0.2, 0.25) is 11.8 Å². The van der Waals surface area contributed by atoms with Crippen LogP contribution in [0, 0.1) is 0 Å². The van der Waals surface area contributed by atoms with Crippen LogP contribution in [0.3, 0.4) is 0 Å². The topological polar surface area (TPSA) is 71.4 Å². The first-order valence-corrected chi connectivity index (χ1v) is 7.28. The number of imide groups is 1. The van der Waals surface area contributed by atoms with E-state index in [1.807, 2.05) is 36.0 Å². The summed E-state index contributed by atoms with van der Waals surface area (Å²) in [6.45, 7) is 0.418. The van der Waals surface area contributed by atoms with E-state index >= 15 is 0 Å². The SMILES string of the molecule is Cn1ccc2c3c(ccc21)C(=O)N(C1CCC(=O)NC1=O)C3. The third-order valence-electron chi connectivity index (χ3n) is 4.58. The van der Waals surface area contributed by atoms with Crippen LogP contribution >= 0.6 is 0 Å². The van der Waals surface area contributed by atoms with Crippen LogP contribution in [-0.4, -0.2) is 33.2 Å². The Bertz CT molecular complexity index is 837. The van der Waals surface area contributed by atoms with E-state index in [0.717, 1.165) is 16.5 Å². The van der Waals surface area contributed by atoms with Crippen LogP contribution in [0.2, 0.25) is 0 Å². The number of aromatic nitrogens is 1. The van der Waals surface area contributed by atoms with Gasteiger partial charge in [-0.2, -0.15) is 0 Å². The molecular weight excluding hydrogens is 282 g/mol. The number of benzene rings is 1. The van der Waals surface area contributed by atoms with Crippen molar-refractivity contribution >= 4 is 28.6 Å². The average Bonchev–Trinajstić information content (AvgIpc) is 3.01. The van der Waals surface area contributed by atoms with Gasteiger partial charge in [-0.05, 0) is 30.2 Å². The number of rotatable bonds is 1. The third-order valence-corrected chi connectivity index (χ3v) is 4.58. The first kappa shape index (κ1) is 13.1. The third kappa shape index (κ3) is 1.70. The van der Waals surface area contributed by atoms with E-state index < -0.39 is 6.04 Å². The molecule has 1 unspecified atom stereocenters. The van der Waals surface area contributed by atoms with Crippen LogP contribution in [0.1, 0.15) is 28.8 Å². The zero-order valence-electron chi connectivity index (χ0n) is 12.1. The van der Waals surface area contributed by atoms with Crippen molar-refractivity contribution in [2.45, 2.75) is 25.4 Å². The summed E-state index contributed by atoms with van der Waals surface area (Å²) < 4.78 is 2.01. The summed E-state index contributed by atoms with van der Waals surface area (Å²) in [5.74, 6) is -0.771. The van der Waals surface area contributed by atoms with Gasteiger partial charge in [0.05, 0.1) is 0 Å². The Kier molecular flexibility index (Phi) is 2.63. The maximum absolute atomic E-state index is 12.6. The number of fused-ring (bicyclic) bond motifs is 3. The van der Waals surface area contributed by atoms with Crippen molar-refractivity contribution in [1.82, 2.24) is 14.8 Å². The molecule has 2 aliphatic heterocycles. The number of carbonyl (C=O) groups is 3. The number of hydrogen-bond acceptors (Lipinski definition) is 3. The van der Waals surface area contributed by atoms with E-state index in [1.165, 1.54) is 0 Å². The Hall–Kier alpha value is -2.63. The summed E-state index contributed by atoms with van der Waals surface area (Å²) in [6.07, 6.45) is 2.63. The highest BCUT2D eigenvalue weighted by atomic mass is 16.2. The molecule has 6 nitrogen and oxygen atoms in total. The Labute approximate surface area is 126 Å². The molecule has 1 saturated heterocycles. The van der Waals surface area contributed by atoms with Crippen molar-refractivity contribution in [3.8, 4) is 0 Å². The largest absolute Gasteiger partial charge is 0.351 e. The zero-order chi connectivity index (χ0) is 15.4. The van der Waals surface area contributed by atoms with Gasteiger partial charge >= 0.3 is 0 Å². The van der Waals surface area contributed by atoms with Crippen LogP contribution in [-0.2, 0) is 23.2 Å². The highest BCUT2D eigenvalue weighted by Crippen LogP contribution is 2.33. The second-order valence-electron chi connectivity index (χ2n) is 5.85. The molecule has 112 valence electrons. The summed E-state index contributed by atoms with van der Waals surface area (Å²) >= 11 is 0. The van der Waals surface area contributed by atoms with Crippen LogP contribution in [0.15, 0.2) is 24.4 Å². The lowest BCUT2D eigenvalue weighted by atomic mass is 10.0. The molecule has 3 heterocycles. The van der Waals surface area contributed by atoms with Crippen molar-refractivity contribution in [2.75, 3.05) is 0 Å². The van der Waals surface area contributed by atoms with Gasteiger partial charge in [0.1, 0.15) is 6.04 Å². The van der Waals surface area contributed by atoms with Crippen LogP contribution < -0.4 is 5.32 Å². The predicted molar refractivity (Wildman–Crippen MR) is 79.0 cm³/mol. The summed E-state index contributed by atoms with van der Waals surface area (Å²) in [6, 6.07) is 5.19. The molecular formula is C16H15N3O3. The van der Waals surface area contributed by atoms with E-state index in [1.54, 1.807) is 4.90 Å². The summed E-state index contributed by atoms with van der Waals surface area (Å²) in [5, 5.41) is 3.36. The van der Waals surface area contributed by atoms with E-state index in [0.29, 0.717) is 18.5 Å². The number of piperidine rings is 1. The molecule has 22 heavy (non-hydrogen) atoms. The molecule has 4 rings (SSSR count). The quantitative estimate of drug-likeness (QED) is 0.796. The number of hydrogen-bond donors (Lipinski definition) is 1. The van der Waals surface area contributed by atoms with E-state index in [4.69, 9.17) is 0 Å². The highest BCUT2D eigenvalue weighted by Gasteiger charge is 2.39. The van der Waals surface area contributed by atoms with Crippen LogP contribution in [0.4, 0.5) is 0 Å². The van der Waals surface area contributed by atoms with Gasteiger partial charge in [-0.3, -0.25) is 19.7 Å². The Morgan fingerprint density at radius 3 is 2.77 bits per heavy atom. The lowest BCUT2D eigenvalue weighted by Gasteiger charge is -2.29. The molecule has 1 N–H and O–H groups in total. The van der Waals surface area contributed by atoms with Gasteiger partial charge in [-0.1, -0.05) is 0 Å². The van der Waals surface area contributed by atoms with Crippen molar-refractivity contribution in [1.29, 1.82) is 0 Å². The minimum atomic E-state index is -0.559. The highest BCUT2D eigenvalue weighted by molar-refractivity contribution is 6.07. The predicted octanol–water partition coefficient (Wildman–Crippen LogP) is 0.939. The maximum atomic E-state index is 12.6. The average molecular weight is 297 g/mol. The second-order valence-corrected chi connectivity index (χ2v) is 5.85. The minimum absolute atomic E-state index is 0.129. The normalized spacial score (nSPS) is 21.4. The fourth-order valence-corrected chi connectivity index (χ4v) is 3.41. The molecule has 6 heteroatoms. The number of nitrogens with one attached hydrogen (secondary N) is 1. The Morgan fingerprint density at radius 2 is 2.00 bits per heavy atom. The van der Waals surface area contributed by atoms with Gasteiger partial charge in [0.25, 0.3) is 5.91 Å². The molecule has 0 saturated carbocycles. The monoisotopic (exact) mass is 297 g/mol. The van der Waals surface area contributed by atoms with Crippen LogP contribution in [0.25, 0.3) is 10.9 Å². The maximum Gasteiger partial charge on any atom is 0.255 e. The second kappa shape index (κ2) is 4.43. The van der Waals surface area contributed by atoms with Crippen molar-refractivity contribution in [2.24, 2.45) is 7.05 Å². The zero-order valence-corrected chi connectivity index (χ0v) is 12.1. The summed E-state index contributed by atoms with van der Waals surface area (Å²) in [5.41, 5.74) is 2.69. The smallest absolute Gasteiger partial charge is 0.255 e. The minimum Gasteiger partial charge on any atom is -0.351 e. The van der Waals surface area contributed by atoms with E-state index in [-0.39, 0.29) is 24.1 Å². The number of carbonyl (C=O) groups excluding carboxylic acids is 3. The fourth-order valence-electron chi connectivity index (χ4n) is 3.41. The summed E-state index contributed by atoms with van der Waals surface area (Å²) in [7, 11) is 1.96. The van der Waals surface area contributed by atoms with Gasteiger partial charge in [-0.15, -0.1) is 0 Å².